The van der Waals surface area contributed by atoms with Gasteiger partial charge in [0.05, 0.1) is 0 Å². The lowest BCUT2D eigenvalue weighted by Gasteiger charge is -2.02. The second-order valence-corrected chi connectivity index (χ2v) is 3.23. The maximum Gasteiger partial charge on any atom is 0.237 e. The van der Waals surface area contributed by atoms with Crippen LogP contribution >= 0.6 is 11.6 Å². The van der Waals surface area contributed by atoms with Gasteiger partial charge in [-0.05, 0) is 6.42 Å². The molecular weight excluding hydrogens is 204 g/mol. The van der Waals surface area contributed by atoms with Gasteiger partial charge in [-0.25, -0.2) is 4.98 Å². The van der Waals surface area contributed by atoms with Gasteiger partial charge >= 0.3 is 0 Å². The molecule has 3 N–H and O–H groups in total. The molecule has 1 rings (SSSR count). The zero-order valence-corrected chi connectivity index (χ0v) is 8.70. The van der Waals surface area contributed by atoms with Crippen LogP contribution in [0.5, 0.6) is 0 Å². The summed E-state index contributed by atoms with van der Waals surface area (Å²) in [6.07, 6.45) is 2.00. The van der Waals surface area contributed by atoms with E-state index in [4.69, 9.17) is 17.3 Å². The molecule has 1 aromatic heterocycles. The van der Waals surface area contributed by atoms with Crippen molar-refractivity contribution in [3.05, 3.63) is 16.7 Å². The van der Waals surface area contributed by atoms with Crippen LogP contribution < -0.4 is 11.2 Å². The van der Waals surface area contributed by atoms with Crippen LogP contribution in [0.25, 0.3) is 0 Å². The molecule has 0 atom stereocenters. The van der Waals surface area contributed by atoms with E-state index in [1.807, 2.05) is 0 Å². The predicted molar refractivity (Wildman–Crippen MR) is 54.2 cm³/mol. The molecule has 0 spiro atoms. The van der Waals surface area contributed by atoms with Crippen molar-refractivity contribution in [3.63, 3.8) is 0 Å². The Morgan fingerprint density at radius 1 is 1.71 bits per heavy atom. The van der Waals surface area contributed by atoms with Crippen molar-refractivity contribution >= 4 is 17.5 Å². The Morgan fingerprint density at radius 3 is 3.07 bits per heavy atom. The lowest BCUT2D eigenvalue weighted by atomic mass is 10.3. The van der Waals surface area contributed by atoms with Gasteiger partial charge in [-0.3, -0.25) is 4.99 Å². The summed E-state index contributed by atoms with van der Waals surface area (Å²) in [5, 5.41) is 9.62. The summed E-state index contributed by atoms with van der Waals surface area (Å²) in [6.45, 7) is 2.70. The van der Waals surface area contributed by atoms with Crippen LogP contribution in [0.3, 0.4) is 0 Å². The molecule has 0 saturated heterocycles. The minimum absolute atomic E-state index is 0.0623. The van der Waals surface area contributed by atoms with Gasteiger partial charge in [-0.15, -0.1) is 4.73 Å². The molecule has 1 aromatic rings. The fourth-order valence-corrected chi connectivity index (χ4v) is 1.12. The highest BCUT2D eigenvalue weighted by atomic mass is 35.5. The standard InChI is InChI=1S/C8H13ClN4O/c1-2-3-4-11-7-5-6(9)12-8(10)13(7)14/h5,14H,2-4H2,1H3,(H2,10,12). The van der Waals surface area contributed by atoms with Gasteiger partial charge in [-0.1, -0.05) is 24.9 Å². The van der Waals surface area contributed by atoms with Crippen molar-refractivity contribution < 1.29 is 5.21 Å². The molecule has 0 bridgehead atoms. The van der Waals surface area contributed by atoms with Crippen molar-refractivity contribution in [1.29, 1.82) is 0 Å². The van der Waals surface area contributed by atoms with E-state index >= 15 is 0 Å². The zero-order chi connectivity index (χ0) is 10.6. The highest BCUT2D eigenvalue weighted by molar-refractivity contribution is 6.29. The Balaban J connectivity index is 3.01. The molecular formula is C8H13ClN4O. The Morgan fingerprint density at radius 2 is 2.43 bits per heavy atom. The molecule has 0 aliphatic rings. The zero-order valence-electron chi connectivity index (χ0n) is 7.94. The molecule has 5 nitrogen and oxygen atoms in total. The minimum Gasteiger partial charge on any atom is -0.423 e. The molecule has 0 aliphatic heterocycles. The van der Waals surface area contributed by atoms with Gasteiger partial charge in [0, 0.05) is 12.6 Å². The third kappa shape index (κ3) is 2.63. The number of nitrogen functional groups attached to an aromatic ring is 1. The van der Waals surface area contributed by atoms with Crippen molar-refractivity contribution in [2.24, 2.45) is 4.99 Å². The number of hydrogen-bond donors (Lipinski definition) is 2. The molecule has 0 unspecified atom stereocenters. The first kappa shape index (κ1) is 10.8. The van der Waals surface area contributed by atoms with Gasteiger partial charge in [0.25, 0.3) is 0 Å². The van der Waals surface area contributed by atoms with Gasteiger partial charge in [0.15, 0.2) is 5.49 Å². The molecule has 0 radical (unpaired) electrons. The summed E-state index contributed by atoms with van der Waals surface area (Å²) in [7, 11) is 0. The van der Waals surface area contributed by atoms with Crippen LogP contribution in [-0.2, 0) is 0 Å². The second kappa shape index (κ2) is 4.85. The second-order valence-electron chi connectivity index (χ2n) is 2.84. The quantitative estimate of drug-likeness (QED) is 0.451. The predicted octanol–water partition coefficient (Wildman–Crippen LogP) is 1.06. The molecule has 14 heavy (non-hydrogen) atoms. The van der Waals surface area contributed by atoms with Crippen LogP contribution in [0.15, 0.2) is 11.1 Å². The summed E-state index contributed by atoms with van der Waals surface area (Å²) >= 11 is 5.66. The van der Waals surface area contributed by atoms with Gasteiger partial charge in [0.1, 0.15) is 5.15 Å². The molecule has 0 amide bonds. The SMILES string of the molecule is CCCCN=c1cc(Cl)nc(N)n1O. The van der Waals surface area contributed by atoms with Crippen LogP contribution in [-0.4, -0.2) is 21.5 Å². The third-order valence-corrected chi connectivity index (χ3v) is 1.88. The minimum atomic E-state index is -0.0623. The van der Waals surface area contributed by atoms with Crippen LogP contribution in [0, 0.1) is 0 Å². The van der Waals surface area contributed by atoms with E-state index in [9.17, 15) is 5.21 Å². The normalized spacial score (nSPS) is 12.0. The van der Waals surface area contributed by atoms with Crippen molar-refractivity contribution in [2.45, 2.75) is 19.8 Å². The summed E-state index contributed by atoms with van der Waals surface area (Å²) in [6, 6.07) is 1.47. The largest absolute Gasteiger partial charge is 0.423 e. The summed E-state index contributed by atoms with van der Waals surface area (Å²) < 4.78 is 0.724. The topological polar surface area (TPSA) is 76.4 Å². The van der Waals surface area contributed by atoms with Gasteiger partial charge in [0.2, 0.25) is 5.95 Å². The number of rotatable bonds is 3. The van der Waals surface area contributed by atoms with Crippen molar-refractivity contribution in [1.82, 2.24) is 9.71 Å². The van der Waals surface area contributed by atoms with Gasteiger partial charge in [-0.2, -0.15) is 0 Å². The van der Waals surface area contributed by atoms with E-state index in [0.29, 0.717) is 12.0 Å². The third-order valence-electron chi connectivity index (χ3n) is 1.69. The lowest BCUT2D eigenvalue weighted by Crippen LogP contribution is -2.23. The maximum atomic E-state index is 9.40. The summed E-state index contributed by atoms with van der Waals surface area (Å²) in [4.78, 5) is 7.78. The fraction of sp³-hybridized carbons (Fsp3) is 0.500. The van der Waals surface area contributed by atoms with Gasteiger partial charge < -0.3 is 10.9 Å². The Bertz CT molecular complexity index is 374. The number of aromatic nitrogens is 2. The first-order valence-corrected chi connectivity index (χ1v) is 4.77. The van der Waals surface area contributed by atoms with E-state index in [-0.39, 0.29) is 11.1 Å². The van der Waals surface area contributed by atoms with Crippen LogP contribution in [0.4, 0.5) is 5.95 Å². The lowest BCUT2D eigenvalue weighted by molar-refractivity contribution is 0.175. The van der Waals surface area contributed by atoms with E-state index in [0.717, 1.165) is 17.6 Å². The Hall–Kier alpha value is -1.23. The smallest absolute Gasteiger partial charge is 0.237 e. The highest BCUT2D eigenvalue weighted by Gasteiger charge is 1.99. The summed E-state index contributed by atoms with van der Waals surface area (Å²) in [5.74, 6) is -0.0623. The molecule has 1 heterocycles. The van der Waals surface area contributed by atoms with E-state index in [1.165, 1.54) is 6.07 Å². The number of unbranched alkanes of at least 4 members (excludes halogenated alkanes) is 1. The van der Waals surface area contributed by atoms with Crippen LogP contribution in [0.2, 0.25) is 5.15 Å². The van der Waals surface area contributed by atoms with E-state index in [1.54, 1.807) is 0 Å². The monoisotopic (exact) mass is 216 g/mol. The molecule has 0 saturated carbocycles. The van der Waals surface area contributed by atoms with Crippen molar-refractivity contribution in [2.75, 3.05) is 12.3 Å². The van der Waals surface area contributed by atoms with Crippen LogP contribution in [0.1, 0.15) is 19.8 Å². The molecule has 0 aromatic carbocycles. The highest BCUT2D eigenvalue weighted by Crippen LogP contribution is 2.01. The number of anilines is 1. The van der Waals surface area contributed by atoms with Crippen molar-refractivity contribution in [3.8, 4) is 0 Å². The maximum absolute atomic E-state index is 9.40. The average Bonchev–Trinajstić information content (AvgIpc) is 2.13. The average molecular weight is 217 g/mol. The Labute approximate surface area is 86.8 Å². The molecule has 78 valence electrons. The Kier molecular flexibility index (Phi) is 3.76. The number of halogens is 1. The fourth-order valence-electron chi connectivity index (χ4n) is 0.938. The van der Waals surface area contributed by atoms with E-state index in [2.05, 4.69) is 16.9 Å². The first-order chi connectivity index (χ1) is 6.65. The number of nitrogens with zero attached hydrogens (tertiary/aromatic N) is 3. The molecule has 6 heteroatoms. The molecule has 0 fully saturated rings. The molecule has 0 aliphatic carbocycles. The van der Waals surface area contributed by atoms with E-state index < -0.39 is 0 Å². The first-order valence-electron chi connectivity index (χ1n) is 4.40. The number of nitrogens with two attached hydrogens (primary N) is 1. The summed E-state index contributed by atoms with van der Waals surface area (Å²) in [5.41, 5.74) is 5.71. The number of hydrogen-bond acceptors (Lipinski definition) is 4.